The van der Waals surface area contributed by atoms with E-state index in [4.69, 9.17) is 0 Å². The summed E-state index contributed by atoms with van der Waals surface area (Å²) in [6, 6.07) is 10.3. The molecule has 1 heteroatoms. The van der Waals surface area contributed by atoms with E-state index < -0.39 is 0 Å². The average molecular weight is 251 g/mol. The highest BCUT2D eigenvalue weighted by molar-refractivity contribution is 5.32. The molecule has 1 nitrogen and oxygen atoms in total. The van der Waals surface area contributed by atoms with Gasteiger partial charge in [0.05, 0.1) is 6.04 Å². The molecule has 1 N–H and O–H groups in total. The van der Waals surface area contributed by atoms with Gasteiger partial charge in [0, 0.05) is 6.54 Å². The molecule has 1 unspecified atom stereocenters. The van der Waals surface area contributed by atoms with Gasteiger partial charge in [-0.05, 0) is 16.7 Å². The Hall–Kier alpha value is -2.12. The lowest BCUT2D eigenvalue weighted by Crippen LogP contribution is -2.24. The number of nitrogens with one attached hydrogen (secondary N) is 1. The van der Waals surface area contributed by atoms with Crippen LogP contribution in [0.3, 0.4) is 0 Å². The third-order valence-corrected chi connectivity index (χ3v) is 2.77. The maximum Gasteiger partial charge on any atom is 0.0573 e. The highest BCUT2D eigenvalue weighted by Gasteiger charge is 2.11. The van der Waals surface area contributed by atoms with Gasteiger partial charge >= 0.3 is 0 Å². The average Bonchev–Trinajstić information content (AvgIpc) is 2.46. The summed E-state index contributed by atoms with van der Waals surface area (Å²) in [5, 5.41) is 3.44. The van der Waals surface area contributed by atoms with Gasteiger partial charge < -0.3 is 5.32 Å². The second-order valence-corrected chi connectivity index (χ2v) is 4.26. The zero-order valence-electron chi connectivity index (χ0n) is 11.3. The van der Waals surface area contributed by atoms with Crippen LogP contribution in [0, 0.1) is 0 Å². The second-order valence-electron chi connectivity index (χ2n) is 4.26. The standard InChI is InChI=1S/C18H21N/c1-5-7-11-15(3)14-19-18(16(4)6-2)17-12-9-8-10-13-17/h5-13,18-19H,1-4,14H2/b11-7-. The van der Waals surface area contributed by atoms with Crippen LogP contribution in [-0.4, -0.2) is 6.54 Å². The number of hydrogen-bond acceptors (Lipinski definition) is 1. The van der Waals surface area contributed by atoms with E-state index in [1.807, 2.05) is 30.4 Å². The molecule has 19 heavy (non-hydrogen) atoms. The smallest absolute Gasteiger partial charge is 0.0573 e. The molecule has 1 rings (SSSR count). The van der Waals surface area contributed by atoms with E-state index in [1.54, 1.807) is 12.2 Å². The Bertz CT molecular complexity index is 480. The summed E-state index contributed by atoms with van der Waals surface area (Å²) in [6.07, 6.45) is 7.35. The van der Waals surface area contributed by atoms with Crippen molar-refractivity contribution in [3.05, 3.63) is 97.7 Å². The van der Waals surface area contributed by atoms with Crippen LogP contribution >= 0.6 is 0 Å². The maximum atomic E-state index is 4.05. The van der Waals surface area contributed by atoms with E-state index >= 15 is 0 Å². The molecule has 0 saturated heterocycles. The number of rotatable bonds is 8. The minimum Gasteiger partial charge on any atom is -0.302 e. The number of hydrogen-bond donors (Lipinski definition) is 1. The summed E-state index contributed by atoms with van der Waals surface area (Å²) in [5.74, 6) is 0. The number of benzene rings is 1. The van der Waals surface area contributed by atoms with Gasteiger partial charge in [0.15, 0.2) is 0 Å². The molecule has 0 amide bonds. The van der Waals surface area contributed by atoms with Crippen molar-refractivity contribution in [2.45, 2.75) is 6.04 Å². The summed E-state index contributed by atoms with van der Waals surface area (Å²) in [5.41, 5.74) is 3.12. The lowest BCUT2D eigenvalue weighted by Gasteiger charge is -2.20. The van der Waals surface area contributed by atoms with E-state index in [0.717, 1.165) is 11.1 Å². The number of allylic oxidation sites excluding steroid dienone is 2. The molecule has 0 aliphatic rings. The largest absolute Gasteiger partial charge is 0.302 e. The van der Waals surface area contributed by atoms with Crippen LogP contribution in [0.15, 0.2) is 92.1 Å². The van der Waals surface area contributed by atoms with Crippen molar-refractivity contribution >= 4 is 0 Å². The molecular weight excluding hydrogens is 230 g/mol. The van der Waals surface area contributed by atoms with Crippen LogP contribution in [0.4, 0.5) is 0 Å². The van der Waals surface area contributed by atoms with E-state index in [-0.39, 0.29) is 6.04 Å². The molecule has 0 heterocycles. The monoisotopic (exact) mass is 251 g/mol. The van der Waals surface area contributed by atoms with Gasteiger partial charge in [-0.2, -0.15) is 0 Å². The molecule has 1 atom stereocenters. The zero-order chi connectivity index (χ0) is 14.1. The first-order chi connectivity index (χ1) is 9.19. The van der Waals surface area contributed by atoms with Crippen molar-refractivity contribution in [2.24, 2.45) is 0 Å². The minimum atomic E-state index is 0.0626. The van der Waals surface area contributed by atoms with Crippen molar-refractivity contribution in [1.82, 2.24) is 5.32 Å². The summed E-state index contributed by atoms with van der Waals surface area (Å²) in [6.45, 7) is 16.2. The third kappa shape index (κ3) is 4.94. The second kappa shape index (κ2) is 8.06. The van der Waals surface area contributed by atoms with Gasteiger partial charge in [-0.1, -0.05) is 81.0 Å². The van der Waals surface area contributed by atoms with Crippen molar-refractivity contribution < 1.29 is 0 Å². The summed E-state index contributed by atoms with van der Waals surface area (Å²) < 4.78 is 0. The molecule has 0 aliphatic carbocycles. The quantitative estimate of drug-likeness (QED) is 0.677. The molecular formula is C18H21N. The fourth-order valence-electron chi connectivity index (χ4n) is 1.72. The maximum absolute atomic E-state index is 4.05. The Morgan fingerprint density at radius 1 is 1.16 bits per heavy atom. The fourth-order valence-corrected chi connectivity index (χ4v) is 1.72. The molecule has 0 bridgehead atoms. The van der Waals surface area contributed by atoms with Crippen LogP contribution in [0.5, 0.6) is 0 Å². The van der Waals surface area contributed by atoms with Crippen LogP contribution in [-0.2, 0) is 0 Å². The molecule has 1 aromatic rings. The lowest BCUT2D eigenvalue weighted by molar-refractivity contribution is 0.646. The van der Waals surface area contributed by atoms with Crippen molar-refractivity contribution in [3.8, 4) is 0 Å². The molecule has 0 saturated carbocycles. The van der Waals surface area contributed by atoms with E-state index in [2.05, 4.69) is 43.8 Å². The predicted molar refractivity (Wildman–Crippen MR) is 85.0 cm³/mol. The first-order valence-electron chi connectivity index (χ1n) is 6.25. The van der Waals surface area contributed by atoms with E-state index in [0.29, 0.717) is 6.54 Å². The molecule has 0 aliphatic heterocycles. The Morgan fingerprint density at radius 3 is 2.42 bits per heavy atom. The first-order valence-corrected chi connectivity index (χ1v) is 6.25. The Labute approximate surface area is 116 Å². The Morgan fingerprint density at radius 2 is 1.84 bits per heavy atom. The topological polar surface area (TPSA) is 12.0 Å². The zero-order valence-corrected chi connectivity index (χ0v) is 11.3. The molecule has 0 radical (unpaired) electrons. The highest BCUT2D eigenvalue weighted by atomic mass is 14.9. The lowest BCUT2D eigenvalue weighted by atomic mass is 9.99. The van der Waals surface area contributed by atoms with Crippen LogP contribution in [0.2, 0.25) is 0 Å². The van der Waals surface area contributed by atoms with E-state index in [9.17, 15) is 0 Å². The molecule has 0 fully saturated rings. The first kappa shape index (κ1) is 14.9. The molecule has 0 spiro atoms. The summed E-state index contributed by atoms with van der Waals surface area (Å²) in [4.78, 5) is 0. The third-order valence-electron chi connectivity index (χ3n) is 2.77. The Balaban J connectivity index is 2.74. The van der Waals surface area contributed by atoms with Crippen LogP contribution < -0.4 is 5.32 Å². The summed E-state index contributed by atoms with van der Waals surface area (Å²) >= 11 is 0. The molecule has 98 valence electrons. The molecule has 0 aromatic heterocycles. The van der Waals surface area contributed by atoms with Gasteiger partial charge in [-0.15, -0.1) is 0 Å². The van der Waals surface area contributed by atoms with Gasteiger partial charge in [-0.3, -0.25) is 0 Å². The molecule has 1 aromatic carbocycles. The Kier molecular flexibility index (Phi) is 6.34. The van der Waals surface area contributed by atoms with Gasteiger partial charge in [0.2, 0.25) is 0 Å². The van der Waals surface area contributed by atoms with Crippen molar-refractivity contribution in [1.29, 1.82) is 0 Å². The van der Waals surface area contributed by atoms with Crippen molar-refractivity contribution in [2.75, 3.05) is 6.54 Å². The van der Waals surface area contributed by atoms with E-state index in [1.165, 1.54) is 5.56 Å². The van der Waals surface area contributed by atoms with Crippen LogP contribution in [0.1, 0.15) is 11.6 Å². The van der Waals surface area contributed by atoms with Gasteiger partial charge in [0.1, 0.15) is 0 Å². The predicted octanol–water partition coefficient (Wildman–Crippen LogP) is 4.36. The fraction of sp³-hybridized carbons (Fsp3) is 0.111. The van der Waals surface area contributed by atoms with Crippen LogP contribution in [0.25, 0.3) is 0 Å². The minimum absolute atomic E-state index is 0.0626. The normalized spacial score (nSPS) is 12.0. The highest BCUT2D eigenvalue weighted by Crippen LogP contribution is 2.20. The van der Waals surface area contributed by atoms with Gasteiger partial charge in [0.25, 0.3) is 0 Å². The summed E-state index contributed by atoms with van der Waals surface area (Å²) in [7, 11) is 0. The van der Waals surface area contributed by atoms with Gasteiger partial charge in [-0.25, -0.2) is 0 Å². The van der Waals surface area contributed by atoms with Crippen molar-refractivity contribution in [3.63, 3.8) is 0 Å². The SMILES string of the molecule is C=C/C=C\C(=C)CNC(C(=C)C=C)c1ccccc1.